The van der Waals surface area contributed by atoms with Gasteiger partial charge in [-0.2, -0.15) is 0 Å². The highest BCUT2D eigenvalue weighted by Crippen LogP contribution is 2.23. The number of thioether (sulfide) groups is 1. The zero-order valence-electron chi connectivity index (χ0n) is 13.0. The van der Waals surface area contributed by atoms with Gasteiger partial charge in [0.2, 0.25) is 0 Å². The summed E-state index contributed by atoms with van der Waals surface area (Å²) in [4.78, 5) is 27.5. The van der Waals surface area contributed by atoms with Crippen LogP contribution in [0.1, 0.15) is 10.4 Å². The lowest BCUT2D eigenvalue weighted by molar-refractivity contribution is -0.221. The SMILES string of the molecule is CSc1nc(N[C@H]2O[C@@H](CO)[C@@H](O)[C@@H](O)[C@@H]2O)c(C=O)c(=O)n1C. The first kappa shape index (κ1) is 18.8. The number of nitrogens with zero attached hydrogens (tertiary/aromatic N) is 2. The van der Waals surface area contributed by atoms with Crippen molar-refractivity contribution in [3.63, 3.8) is 0 Å². The van der Waals surface area contributed by atoms with Gasteiger partial charge < -0.3 is 30.5 Å². The number of carbonyl (C=O) groups is 1. The number of aliphatic hydroxyl groups is 4. The Labute approximate surface area is 141 Å². The summed E-state index contributed by atoms with van der Waals surface area (Å²) >= 11 is 1.17. The van der Waals surface area contributed by atoms with E-state index < -0.39 is 42.8 Å². The molecule has 1 saturated heterocycles. The van der Waals surface area contributed by atoms with Crippen LogP contribution < -0.4 is 10.9 Å². The summed E-state index contributed by atoms with van der Waals surface area (Å²) in [5.41, 5.74) is -0.858. The molecule has 1 aromatic rings. The number of ether oxygens (including phenoxy) is 1. The van der Waals surface area contributed by atoms with E-state index in [1.807, 2.05) is 0 Å². The number of aromatic nitrogens is 2. The smallest absolute Gasteiger partial charge is 0.266 e. The molecule has 0 aliphatic carbocycles. The second-order valence-electron chi connectivity index (χ2n) is 5.24. The molecule has 0 bridgehead atoms. The molecule has 0 unspecified atom stereocenters. The molecule has 10 nitrogen and oxygen atoms in total. The zero-order chi connectivity index (χ0) is 18.0. The fraction of sp³-hybridized carbons (Fsp3) is 0.615. The van der Waals surface area contributed by atoms with Gasteiger partial charge in [-0.3, -0.25) is 14.2 Å². The normalized spacial score (nSPS) is 30.2. The number of carbonyl (C=O) groups excluding carboxylic acids is 1. The van der Waals surface area contributed by atoms with E-state index in [2.05, 4.69) is 10.3 Å². The van der Waals surface area contributed by atoms with Crippen molar-refractivity contribution in [1.82, 2.24) is 9.55 Å². The van der Waals surface area contributed by atoms with E-state index in [-0.39, 0.29) is 11.4 Å². The molecule has 5 atom stereocenters. The number of nitrogens with one attached hydrogen (secondary N) is 1. The molecule has 0 spiro atoms. The molecule has 0 aromatic carbocycles. The van der Waals surface area contributed by atoms with Crippen molar-refractivity contribution in [1.29, 1.82) is 0 Å². The number of rotatable bonds is 5. The third-order valence-corrected chi connectivity index (χ3v) is 4.49. The maximum Gasteiger partial charge on any atom is 0.266 e. The van der Waals surface area contributed by atoms with Crippen molar-refractivity contribution in [3.05, 3.63) is 15.9 Å². The van der Waals surface area contributed by atoms with Gasteiger partial charge >= 0.3 is 0 Å². The Balaban J connectivity index is 2.38. The van der Waals surface area contributed by atoms with Crippen LogP contribution in [0, 0.1) is 0 Å². The van der Waals surface area contributed by atoms with E-state index in [1.165, 1.54) is 23.4 Å². The highest BCUT2D eigenvalue weighted by atomic mass is 32.2. The van der Waals surface area contributed by atoms with Gasteiger partial charge in [0.25, 0.3) is 5.56 Å². The Morgan fingerprint density at radius 1 is 1.33 bits per heavy atom. The number of anilines is 1. The number of aliphatic hydroxyl groups excluding tert-OH is 4. The van der Waals surface area contributed by atoms with Gasteiger partial charge in [-0.25, -0.2) is 4.98 Å². The molecular weight excluding hydrogens is 342 g/mol. The molecule has 0 radical (unpaired) electrons. The standard InChI is InChI=1S/C13H19N3O7S/c1-16-12(22)5(3-17)10(15-13(16)24-2)14-11-9(21)8(20)7(19)6(4-18)23-11/h3,6-9,11,14,18-21H,4H2,1-2H3/t6-,7+,8+,9-,11-/m0/s1. The minimum atomic E-state index is -1.58. The predicted molar refractivity (Wildman–Crippen MR) is 84.0 cm³/mol. The van der Waals surface area contributed by atoms with Gasteiger partial charge in [-0.05, 0) is 6.26 Å². The van der Waals surface area contributed by atoms with Crippen LogP contribution in [-0.2, 0) is 11.8 Å². The molecule has 0 saturated carbocycles. The second-order valence-corrected chi connectivity index (χ2v) is 6.01. The van der Waals surface area contributed by atoms with Gasteiger partial charge in [-0.15, -0.1) is 0 Å². The Morgan fingerprint density at radius 2 is 2.00 bits per heavy atom. The summed E-state index contributed by atoms with van der Waals surface area (Å²) in [6, 6.07) is 0. The van der Waals surface area contributed by atoms with Gasteiger partial charge in [-0.1, -0.05) is 11.8 Å². The molecule has 0 amide bonds. The molecule has 2 heterocycles. The van der Waals surface area contributed by atoms with Crippen molar-refractivity contribution in [2.45, 2.75) is 35.8 Å². The van der Waals surface area contributed by atoms with Crippen molar-refractivity contribution in [2.24, 2.45) is 7.05 Å². The number of aldehydes is 1. The molecule has 1 aromatic heterocycles. The second kappa shape index (κ2) is 7.59. The Kier molecular flexibility index (Phi) is 5.96. The van der Waals surface area contributed by atoms with Crippen molar-refractivity contribution < 1.29 is 30.0 Å². The summed E-state index contributed by atoms with van der Waals surface area (Å²) < 4.78 is 6.49. The van der Waals surface area contributed by atoms with Crippen LogP contribution in [0.15, 0.2) is 9.95 Å². The van der Waals surface area contributed by atoms with Gasteiger partial charge in [0.05, 0.1) is 6.61 Å². The van der Waals surface area contributed by atoms with Crippen LogP contribution in [0.4, 0.5) is 5.82 Å². The molecule has 11 heteroatoms. The lowest BCUT2D eigenvalue weighted by atomic mass is 9.98. The molecule has 1 aliphatic heterocycles. The summed E-state index contributed by atoms with van der Waals surface area (Å²) in [5.74, 6) is -0.123. The molecule has 2 rings (SSSR count). The van der Waals surface area contributed by atoms with E-state index in [4.69, 9.17) is 4.74 Å². The first-order valence-corrected chi connectivity index (χ1v) is 8.25. The van der Waals surface area contributed by atoms with Crippen molar-refractivity contribution >= 4 is 23.9 Å². The first-order chi connectivity index (χ1) is 11.3. The lowest BCUT2D eigenvalue weighted by Gasteiger charge is -2.40. The van der Waals surface area contributed by atoms with Crippen LogP contribution in [0.25, 0.3) is 0 Å². The highest BCUT2D eigenvalue weighted by Gasteiger charge is 2.43. The zero-order valence-corrected chi connectivity index (χ0v) is 13.8. The molecule has 24 heavy (non-hydrogen) atoms. The van der Waals surface area contributed by atoms with E-state index in [1.54, 1.807) is 6.26 Å². The average Bonchev–Trinajstić information content (AvgIpc) is 2.58. The first-order valence-electron chi connectivity index (χ1n) is 7.03. The predicted octanol–water partition coefficient (Wildman–Crippen LogP) is -2.47. The third-order valence-electron chi connectivity index (χ3n) is 3.76. The fourth-order valence-electron chi connectivity index (χ4n) is 2.35. The molecular formula is C13H19N3O7S. The van der Waals surface area contributed by atoms with E-state index in [0.717, 1.165) is 0 Å². The largest absolute Gasteiger partial charge is 0.394 e. The van der Waals surface area contributed by atoms with Crippen LogP contribution in [0.2, 0.25) is 0 Å². The minimum Gasteiger partial charge on any atom is -0.394 e. The highest BCUT2D eigenvalue weighted by molar-refractivity contribution is 7.98. The Bertz CT molecular complexity index is 666. The molecule has 5 N–H and O–H groups in total. The van der Waals surface area contributed by atoms with Gasteiger partial charge in [0.1, 0.15) is 35.8 Å². The minimum absolute atomic E-state index is 0.123. The number of hydrogen-bond donors (Lipinski definition) is 5. The monoisotopic (exact) mass is 361 g/mol. The summed E-state index contributed by atoms with van der Waals surface area (Å²) in [5, 5.41) is 41.6. The Hall–Kier alpha value is -1.50. The van der Waals surface area contributed by atoms with Crippen LogP contribution >= 0.6 is 11.8 Å². The quantitative estimate of drug-likeness (QED) is 0.216. The van der Waals surface area contributed by atoms with Crippen LogP contribution in [-0.4, -0.2) is 79.8 Å². The van der Waals surface area contributed by atoms with Crippen LogP contribution in [0.3, 0.4) is 0 Å². The summed E-state index contributed by atoms with van der Waals surface area (Å²) in [6.07, 6.45) is -5.04. The molecule has 1 fully saturated rings. The maximum atomic E-state index is 12.2. The van der Waals surface area contributed by atoms with Gasteiger partial charge in [0, 0.05) is 7.05 Å². The Morgan fingerprint density at radius 3 is 2.54 bits per heavy atom. The van der Waals surface area contributed by atoms with E-state index >= 15 is 0 Å². The molecule has 134 valence electrons. The van der Waals surface area contributed by atoms with E-state index in [0.29, 0.717) is 11.4 Å². The lowest BCUT2D eigenvalue weighted by Crippen LogP contribution is -2.60. The third kappa shape index (κ3) is 3.31. The number of hydrogen-bond acceptors (Lipinski definition) is 10. The summed E-state index contributed by atoms with van der Waals surface area (Å²) in [6.45, 7) is -0.594. The van der Waals surface area contributed by atoms with Crippen LogP contribution in [0.5, 0.6) is 0 Å². The average molecular weight is 361 g/mol. The van der Waals surface area contributed by atoms with Crippen molar-refractivity contribution in [2.75, 3.05) is 18.2 Å². The van der Waals surface area contributed by atoms with E-state index in [9.17, 15) is 30.0 Å². The van der Waals surface area contributed by atoms with Crippen molar-refractivity contribution in [3.8, 4) is 0 Å². The molecule has 1 aliphatic rings. The van der Waals surface area contributed by atoms with Gasteiger partial charge in [0.15, 0.2) is 17.7 Å². The maximum absolute atomic E-state index is 12.2. The fourth-order valence-corrected chi connectivity index (χ4v) is 2.89. The summed E-state index contributed by atoms with van der Waals surface area (Å²) in [7, 11) is 1.46. The topological polar surface area (TPSA) is 154 Å².